The van der Waals surface area contributed by atoms with Gasteiger partial charge in [0.05, 0.1) is 12.4 Å². The van der Waals surface area contributed by atoms with Crippen LogP contribution in [-0.4, -0.2) is 39.4 Å². The topological polar surface area (TPSA) is 40.6 Å². The van der Waals surface area contributed by atoms with Crippen LogP contribution in [0, 0.1) is 0 Å². The molecule has 0 radical (unpaired) electrons. The molecule has 0 saturated carbocycles. The Bertz CT molecular complexity index is 483. The fourth-order valence-electron chi connectivity index (χ4n) is 2.18. The number of imide groups is 1. The molecule has 0 aromatic heterocycles. The van der Waals surface area contributed by atoms with Crippen LogP contribution < -0.4 is 0 Å². The minimum Gasteiger partial charge on any atom is -0.302 e. The van der Waals surface area contributed by atoms with Gasteiger partial charge in [0, 0.05) is 10.8 Å². The molecule has 2 heterocycles. The van der Waals surface area contributed by atoms with E-state index < -0.39 is 0 Å². The summed E-state index contributed by atoms with van der Waals surface area (Å²) in [7, 11) is 0. The molecule has 3 rings (SSSR count). The lowest BCUT2D eigenvalue weighted by Crippen LogP contribution is -2.32. The standard InChI is InChI=1S/C12H11ClN2O2S/c13-9-3-1-8(2-4-9)5-14-11(16)10-6-18-7-15(10)12(14)17/h1-4,10H,5-7H2/t10-/m0/s1. The molecule has 1 atom stereocenters. The van der Waals surface area contributed by atoms with Crippen molar-refractivity contribution in [3.05, 3.63) is 34.9 Å². The van der Waals surface area contributed by atoms with Gasteiger partial charge >= 0.3 is 6.03 Å². The lowest BCUT2D eigenvalue weighted by atomic mass is 10.2. The quantitative estimate of drug-likeness (QED) is 0.781. The van der Waals surface area contributed by atoms with Crippen LogP contribution in [0.4, 0.5) is 4.79 Å². The molecule has 94 valence electrons. The first kappa shape index (κ1) is 11.9. The summed E-state index contributed by atoms with van der Waals surface area (Å²) in [6, 6.07) is 6.76. The lowest BCUT2D eigenvalue weighted by Gasteiger charge is -2.15. The van der Waals surface area contributed by atoms with Crippen molar-refractivity contribution in [2.45, 2.75) is 12.6 Å². The van der Waals surface area contributed by atoms with Crippen LogP contribution >= 0.6 is 23.4 Å². The predicted molar refractivity (Wildman–Crippen MR) is 70.4 cm³/mol. The Morgan fingerprint density at radius 3 is 2.67 bits per heavy atom. The zero-order valence-electron chi connectivity index (χ0n) is 9.51. The number of benzene rings is 1. The van der Waals surface area contributed by atoms with E-state index in [4.69, 9.17) is 11.6 Å². The highest BCUT2D eigenvalue weighted by Gasteiger charge is 2.47. The van der Waals surface area contributed by atoms with E-state index in [1.807, 2.05) is 12.1 Å². The number of urea groups is 1. The van der Waals surface area contributed by atoms with E-state index >= 15 is 0 Å². The molecule has 2 saturated heterocycles. The number of thioether (sulfide) groups is 1. The van der Waals surface area contributed by atoms with Crippen LogP contribution in [0.1, 0.15) is 5.56 Å². The molecule has 3 amide bonds. The second-order valence-corrected chi connectivity index (χ2v) is 5.76. The van der Waals surface area contributed by atoms with Crippen LogP contribution in [0.2, 0.25) is 5.02 Å². The van der Waals surface area contributed by atoms with Crippen molar-refractivity contribution in [3.8, 4) is 0 Å². The summed E-state index contributed by atoms with van der Waals surface area (Å²) in [6.45, 7) is 0.326. The first-order valence-electron chi connectivity index (χ1n) is 5.61. The molecule has 2 aliphatic heterocycles. The summed E-state index contributed by atoms with van der Waals surface area (Å²) in [5, 5.41) is 0.648. The number of rotatable bonds is 2. The third-order valence-electron chi connectivity index (χ3n) is 3.16. The summed E-state index contributed by atoms with van der Waals surface area (Å²) in [5.41, 5.74) is 0.912. The maximum absolute atomic E-state index is 12.1. The minimum absolute atomic E-state index is 0.0834. The van der Waals surface area contributed by atoms with Gasteiger partial charge < -0.3 is 4.90 Å². The van der Waals surface area contributed by atoms with Gasteiger partial charge in [-0.15, -0.1) is 11.8 Å². The lowest BCUT2D eigenvalue weighted by molar-refractivity contribution is -0.127. The van der Waals surface area contributed by atoms with E-state index in [1.165, 1.54) is 4.90 Å². The number of fused-ring (bicyclic) bond motifs is 1. The van der Waals surface area contributed by atoms with Crippen molar-refractivity contribution in [2.75, 3.05) is 11.6 Å². The third-order valence-corrected chi connectivity index (χ3v) is 4.43. The minimum atomic E-state index is -0.255. The second kappa shape index (κ2) is 4.48. The molecule has 18 heavy (non-hydrogen) atoms. The Labute approximate surface area is 114 Å². The molecule has 2 aliphatic rings. The molecule has 1 aromatic carbocycles. The summed E-state index contributed by atoms with van der Waals surface area (Å²) in [6.07, 6.45) is 0. The van der Waals surface area contributed by atoms with Crippen LogP contribution in [-0.2, 0) is 11.3 Å². The Kier molecular flexibility index (Phi) is 2.95. The van der Waals surface area contributed by atoms with Gasteiger partial charge in [-0.25, -0.2) is 4.79 Å². The van der Waals surface area contributed by atoms with Crippen molar-refractivity contribution in [3.63, 3.8) is 0 Å². The van der Waals surface area contributed by atoms with Crippen molar-refractivity contribution in [2.24, 2.45) is 0 Å². The molecular weight excluding hydrogens is 272 g/mol. The maximum atomic E-state index is 12.1. The summed E-state index contributed by atoms with van der Waals surface area (Å²) in [5.74, 6) is 1.24. The Balaban J connectivity index is 1.79. The number of carbonyl (C=O) groups excluding carboxylic acids is 2. The fraction of sp³-hybridized carbons (Fsp3) is 0.333. The van der Waals surface area contributed by atoms with Crippen molar-refractivity contribution in [1.29, 1.82) is 0 Å². The molecule has 0 unspecified atom stereocenters. The number of carbonyl (C=O) groups is 2. The second-order valence-electron chi connectivity index (χ2n) is 4.32. The van der Waals surface area contributed by atoms with Crippen molar-refractivity contribution in [1.82, 2.24) is 9.80 Å². The van der Waals surface area contributed by atoms with Gasteiger partial charge in [-0.2, -0.15) is 0 Å². The third kappa shape index (κ3) is 1.87. The van der Waals surface area contributed by atoms with Crippen LogP contribution in [0.15, 0.2) is 24.3 Å². The number of halogens is 1. The molecule has 4 nitrogen and oxygen atoms in total. The predicted octanol–water partition coefficient (Wildman–Crippen LogP) is 2.18. The molecular formula is C12H11ClN2O2S. The first-order valence-corrected chi connectivity index (χ1v) is 7.14. The number of nitrogens with zero attached hydrogens (tertiary/aromatic N) is 2. The summed E-state index contributed by atoms with van der Waals surface area (Å²) < 4.78 is 0. The molecule has 0 N–H and O–H groups in total. The Morgan fingerprint density at radius 1 is 1.28 bits per heavy atom. The van der Waals surface area contributed by atoms with E-state index in [0.29, 0.717) is 23.2 Å². The van der Waals surface area contributed by atoms with Gasteiger partial charge in [0.2, 0.25) is 0 Å². The average molecular weight is 283 g/mol. The van der Waals surface area contributed by atoms with Crippen LogP contribution in [0.5, 0.6) is 0 Å². The van der Waals surface area contributed by atoms with E-state index in [-0.39, 0.29) is 18.0 Å². The zero-order chi connectivity index (χ0) is 12.7. The number of hydrogen-bond acceptors (Lipinski definition) is 3. The summed E-state index contributed by atoms with van der Waals surface area (Å²) >= 11 is 7.43. The molecule has 6 heteroatoms. The molecule has 0 bridgehead atoms. The fourth-order valence-corrected chi connectivity index (χ4v) is 3.45. The monoisotopic (exact) mass is 282 g/mol. The highest BCUT2D eigenvalue weighted by atomic mass is 35.5. The number of hydrogen-bond donors (Lipinski definition) is 0. The van der Waals surface area contributed by atoms with Gasteiger partial charge in [0.1, 0.15) is 6.04 Å². The van der Waals surface area contributed by atoms with Crippen LogP contribution in [0.3, 0.4) is 0 Å². The van der Waals surface area contributed by atoms with Crippen LogP contribution in [0.25, 0.3) is 0 Å². The van der Waals surface area contributed by atoms with Gasteiger partial charge in [-0.05, 0) is 17.7 Å². The molecule has 1 aromatic rings. The highest BCUT2D eigenvalue weighted by molar-refractivity contribution is 7.99. The van der Waals surface area contributed by atoms with Gasteiger partial charge in [0.25, 0.3) is 5.91 Å². The molecule has 0 aliphatic carbocycles. The summed E-state index contributed by atoms with van der Waals surface area (Å²) in [4.78, 5) is 27.1. The molecule has 2 fully saturated rings. The zero-order valence-corrected chi connectivity index (χ0v) is 11.1. The normalized spacial score (nSPS) is 22.8. The van der Waals surface area contributed by atoms with Gasteiger partial charge in [-0.3, -0.25) is 9.69 Å². The Hall–Kier alpha value is -1.20. The van der Waals surface area contributed by atoms with Gasteiger partial charge in [0.15, 0.2) is 0 Å². The molecule has 0 spiro atoms. The number of amides is 3. The van der Waals surface area contributed by atoms with E-state index in [9.17, 15) is 9.59 Å². The van der Waals surface area contributed by atoms with Gasteiger partial charge in [-0.1, -0.05) is 23.7 Å². The SMILES string of the molecule is O=C1[C@@H]2CSCN2C(=O)N1Cc1ccc(Cl)cc1. The van der Waals surface area contributed by atoms with E-state index in [2.05, 4.69) is 0 Å². The largest absolute Gasteiger partial charge is 0.328 e. The average Bonchev–Trinajstić information content (AvgIpc) is 2.92. The smallest absolute Gasteiger partial charge is 0.302 e. The van der Waals surface area contributed by atoms with Crippen molar-refractivity contribution >= 4 is 35.3 Å². The highest BCUT2D eigenvalue weighted by Crippen LogP contribution is 2.30. The maximum Gasteiger partial charge on any atom is 0.328 e. The Morgan fingerprint density at radius 2 is 2.00 bits per heavy atom. The van der Waals surface area contributed by atoms with Crippen molar-refractivity contribution < 1.29 is 9.59 Å². The van der Waals surface area contributed by atoms with E-state index in [0.717, 1.165) is 5.56 Å². The first-order chi connectivity index (χ1) is 8.66. The van der Waals surface area contributed by atoms with E-state index in [1.54, 1.807) is 28.8 Å².